The highest BCUT2D eigenvalue weighted by molar-refractivity contribution is 7.99. The van der Waals surface area contributed by atoms with E-state index in [2.05, 4.69) is 45.0 Å². The number of carbonyl (C=O) groups is 1. The summed E-state index contributed by atoms with van der Waals surface area (Å²) in [4.78, 5) is 14.4. The summed E-state index contributed by atoms with van der Waals surface area (Å²) in [7, 11) is 0. The van der Waals surface area contributed by atoms with Crippen molar-refractivity contribution in [3.05, 3.63) is 75.1 Å². The molecule has 0 spiro atoms. The number of carboxylic acid groups (broad SMARTS) is 1. The molecule has 0 aliphatic carbocycles. The second-order valence-corrected chi connectivity index (χ2v) is 10.8. The van der Waals surface area contributed by atoms with Gasteiger partial charge in [0.05, 0.1) is 6.61 Å². The zero-order valence-electron chi connectivity index (χ0n) is 20.9. The number of aromatic carboxylic acids is 1. The van der Waals surface area contributed by atoms with Gasteiger partial charge in [-0.25, -0.2) is 4.79 Å². The summed E-state index contributed by atoms with van der Waals surface area (Å²) in [5.41, 5.74) is 5.49. The highest BCUT2D eigenvalue weighted by Crippen LogP contribution is 2.38. The largest absolute Gasteiger partial charge is 0.494 e. The molecular formula is C28H34ClNO3S. The Kier molecular flexibility index (Phi) is 8.78. The van der Waals surface area contributed by atoms with E-state index in [1.807, 2.05) is 37.5 Å². The van der Waals surface area contributed by atoms with Crippen molar-refractivity contribution in [1.82, 2.24) is 4.57 Å². The van der Waals surface area contributed by atoms with Crippen molar-refractivity contribution < 1.29 is 14.6 Å². The van der Waals surface area contributed by atoms with Crippen molar-refractivity contribution in [3.63, 3.8) is 0 Å². The summed E-state index contributed by atoms with van der Waals surface area (Å²) in [6.07, 6.45) is 1.52. The van der Waals surface area contributed by atoms with Crippen molar-refractivity contribution in [2.45, 2.75) is 70.7 Å². The minimum Gasteiger partial charge on any atom is -0.494 e. The van der Waals surface area contributed by atoms with Crippen LogP contribution in [0.25, 0.3) is 0 Å². The third-order valence-corrected chi connectivity index (χ3v) is 7.65. The van der Waals surface area contributed by atoms with E-state index in [1.165, 1.54) is 5.56 Å². The lowest BCUT2D eigenvalue weighted by molar-refractivity contribution is 0.0683. The third kappa shape index (κ3) is 6.19. The molecule has 6 heteroatoms. The van der Waals surface area contributed by atoms with Gasteiger partial charge in [0.15, 0.2) is 0 Å². The second kappa shape index (κ2) is 11.4. The molecule has 0 saturated carbocycles. The first kappa shape index (κ1) is 26.2. The van der Waals surface area contributed by atoms with Crippen LogP contribution in [0.2, 0.25) is 5.02 Å². The molecule has 0 amide bonds. The number of ether oxygens (including phenoxy) is 1. The predicted molar refractivity (Wildman–Crippen MR) is 141 cm³/mol. The van der Waals surface area contributed by atoms with E-state index in [0.717, 1.165) is 49.4 Å². The molecule has 1 aromatic heterocycles. The van der Waals surface area contributed by atoms with Gasteiger partial charge >= 0.3 is 5.97 Å². The Morgan fingerprint density at radius 3 is 2.26 bits per heavy atom. The number of halogens is 1. The maximum Gasteiger partial charge on any atom is 0.352 e. The first-order valence-electron chi connectivity index (χ1n) is 11.7. The van der Waals surface area contributed by atoms with Gasteiger partial charge in [0.2, 0.25) is 0 Å². The van der Waals surface area contributed by atoms with Crippen molar-refractivity contribution in [3.8, 4) is 5.75 Å². The zero-order valence-corrected chi connectivity index (χ0v) is 22.4. The summed E-state index contributed by atoms with van der Waals surface area (Å²) >= 11 is 7.92. The molecule has 34 heavy (non-hydrogen) atoms. The standard InChI is InChI=1S/C28H34ClNO3S/c1-17(2)14-24-27(34-23-10-8-18(3)9-11-23)21(6)26(28(31)32)30(24)12-7-13-33-22-15-19(4)25(29)20(5)16-22/h8-11,15-17H,7,12-14H2,1-6H3,(H,31,32). The van der Waals surface area contributed by atoms with E-state index >= 15 is 0 Å². The molecule has 1 N–H and O–H groups in total. The fourth-order valence-electron chi connectivity index (χ4n) is 4.16. The average Bonchev–Trinajstić information content (AvgIpc) is 3.01. The van der Waals surface area contributed by atoms with Crippen LogP contribution in [-0.4, -0.2) is 22.2 Å². The molecule has 182 valence electrons. The Morgan fingerprint density at radius 1 is 1.09 bits per heavy atom. The third-order valence-electron chi connectivity index (χ3n) is 5.80. The molecule has 0 aliphatic rings. The first-order chi connectivity index (χ1) is 16.1. The lowest BCUT2D eigenvalue weighted by atomic mass is 10.1. The number of aromatic nitrogens is 1. The maximum atomic E-state index is 12.3. The van der Waals surface area contributed by atoms with Gasteiger partial charge in [0, 0.05) is 27.1 Å². The van der Waals surface area contributed by atoms with Crippen molar-refractivity contribution in [2.75, 3.05) is 6.61 Å². The fraction of sp³-hybridized carbons (Fsp3) is 0.393. The molecule has 1 heterocycles. The van der Waals surface area contributed by atoms with Gasteiger partial charge in [-0.3, -0.25) is 0 Å². The van der Waals surface area contributed by atoms with Crippen LogP contribution in [0.1, 0.15) is 58.7 Å². The fourth-order valence-corrected chi connectivity index (χ4v) is 5.34. The van der Waals surface area contributed by atoms with Gasteiger partial charge in [0.1, 0.15) is 11.4 Å². The van der Waals surface area contributed by atoms with Crippen LogP contribution in [0.5, 0.6) is 5.75 Å². The maximum absolute atomic E-state index is 12.3. The molecule has 0 atom stereocenters. The minimum absolute atomic E-state index is 0.378. The van der Waals surface area contributed by atoms with Gasteiger partial charge in [-0.15, -0.1) is 0 Å². The molecule has 4 nitrogen and oxygen atoms in total. The van der Waals surface area contributed by atoms with E-state index in [0.29, 0.717) is 31.2 Å². The molecule has 0 unspecified atom stereocenters. The van der Waals surface area contributed by atoms with Crippen LogP contribution >= 0.6 is 23.4 Å². The Bertz CT molecular complexity index is 1140. The monoisotopic (exact) mass is 499 g/mol. The molecular weight excluding hydrogens is 466 g/mol. The molecule has 0 bridgehead atoms. The number of aryl methyl sites for hydroxylation is 3. The van der Waals surface area contributed by atoms with Crippen molar-refractivity contribution in [1.29, 1.82) is 0 Å². The normalized spacial score (nSPS) is 11.3. The SMILES string of the molecule is Cc1ccc(Sc2c(C)c(C(=O)O)n(CCCOc3cc(C)c(Cl)c(C)c3)c2CC(C)C)cc1. The van der Waals surface area contributed by atoms with Crippen LogP contribution in [0.15, 0.2) is 46.2 Å². The van der Waals surface area contributed by atoms with Gasteiger partial charge in [-0.1, -0.05) is 54.9 Å². The Hall–Kier alpha value is -2.37. The van der Waals surface area contributed by atoms with E-state index in [1.54, 1.807) is 11.8 Å². The van der Waals surface area contributed by atoms with Crippen LogP contribution in [-0.2, 0) is 13.0 Å². The number of hydrogen-bond donors (Lipinski definition) is 1. The van der Waals surface area contributed by atoms with Gasteiger partial charge < -0.3 is 14.4 Å². The lowest BCUT2D eigenvalue weighted by Gasteiger charge is -2.15. The summed E-state index contributed by atoms with van der Waals surface area (Å²) in [6, 6.07) is 12.3. The molecule has 3 rings (SSSR count). The number of carboxylic acids is 1. The number of nitrogens with zero attached hydrogens (tertiary/aromatic N) is 1. The molecule has 0 radical (unpaired) electrons. The molecule has 0 saturated heterocycles. The smallest absolute Gasteiger partial charge is 0.352 e. The topological polar surface area (TPSA) is 51.5 Å². The highest BCUT2D eigenvalue weighted by Gasteiger charge is 2.25. The van der Waals surface area contributed by atoms with E-state index < -0.39 is 5.97 Å². The number of rotatable bonds is 10. The van der Waals surface area contributed by atoms with E-state index in [9.17, 15) is 9.90 Å². The van der Waals surface area contributed by atoms with Gasteiger partial charge in [-0.05, 0) is 87.4 Å². The summed E-state index contributed by atoms with van der Waals surface area (Å²) in [6.45, 7) is 13.4. The van der Waals surface area contributed by atoms with Gasteiger partial charge in [-0.2, -0.15) is 0 Å². The first-order valence-corrected chi connectivity index (χ1v) is 12.9. The molecule has 0 aliphatic heterocycles. The van der Waals surface area contributed by atoms with Crippen molar-refractivity contribution >= 4 is 29.3 Å². The average molecular weight is 500 g/mol. The Balaban J connectivity index is 1.85. The quantitative estimate of drug-likeness (QED) is 0.288. The van der Waals surface area contributed by atoms with Crippen LogP contribution < -0.4 is 4.74 Å². The highest BCUT2D eigenvalue weighted by atomic mass is 35.5. The van der Waals surface area contributed by atoms with E-state index in [4.69, 9.17) is 16.3 Å². The lowest BCUT2D eigenvalue weighted by Crippen LogP contribution is -2.15. The van der Waals surface area contributed by atoms with Crippen LogP contribution in [0.3, 0.4) is 0 Å². The van der Waals surface area contributed by atoms with Crippen LogP contribution in [0.4, 0.5) is 0 Å². The zero-order chi connectivity index (χ0) is 25.0. The molecule has 0 fully saturated rings. The minimum atomic E-state index is -0.886. The van der Waals surface area contributed by atoms with Crippen LogP contribution in [0, 0.1) is 33.6 Å². The Morgan fingerprint density at radius 2 is 1.71 bits per heavy atom. The summed E-state index contributed by atoms with van der Waals surface area (Å²) in [5.74, 6) is 0.311. The summed E-state index contributed by atoms with van der Waals surface area (Å²) in [5, 5.41) is 10.8. The van der Waals surface area contributed by atoms with Crippen molar-refractivity contribution in [2.24, 2.45) is 5.92 Å². The predicted octanol–water partition coefficient (Wildman–Crippen LogP) is 7.89. The molecule has 2 aromatic carbocycles. The second-order valence-electron chi connectivity index (χ2n) is 9.29. The summed E-state index contributed by atoms with van der Waals surface area (Å²) < 4.78 is 7.98. The number of benzene rings is 2. The Labute approximate surface area is 212 Å². The molecule has 3 aromatic rings. The number of hydrogen-bond acceptors (Lipinski definition) is 3. The van der Waals surface area contributed by atoms with Gasteiger partial charge in [0.25, 0.3) is 0 Å². The van der Waals surface area contributed by atoms with E-state index in [-0.39, 0.29) is 0 Å².